The molecule has 1 unspecified atom stereocenters. The van der Waals surface area contributed by atoms with Crippen molar-refractivity contribution < 1.29 is 9.53 Å². The van der Waals surface area contributed by atoms with Gasteiger partial charge in [-0.05, 0) is 6.42 Å². The first-order valence-corrected chi connectivity index (χ1v) is 4.52. The highest BCUT2D eigenvalue weighted by molar-refractivity contribution is 5.99. The molecular formula is C12H14O2. The van der Waals surface area contributed by atoms with Crippen LogP contribution in [0.2, 0.25) is 0 Å². The van der Waals surface area contributed by atoms with E-state index in [0.717, 1.165) is 0 Å². The van der Waals surface area contributed by atoms with E-state index in [1.165, 1.54) is 7.11 Å². The molecule has 0 radical (unpaired) electrons. The summed E-state index contributed by atoms with van der Waals surface area (Å²) in [5, 5.41) is 0. The Morgan fingerprint density at radius 1 is 1.50 bits per heavy atom. The number of Topliss-reactive ketones (excluding diaryl/α,β-unsaturated/α-hetero) is 1. The summed E-state index contributed by atoms with van der Waals surface area (Å²) in [6.07, 6.45) is 1.83. The number of carbonyl (C=O) groups is 1. The quantitative estimate of drug-likeness (QED) is 0.526. The van der Waals surface area contributed by atoms with E-state index >= 15 is 0 Å². The van der Waals surface area contributed by atoms with Crippen molar-refractivity contribution in [3.8, 4) is 0 Å². The lowest BCUT2D eigenvalue weighted by Gasteiger charge is -2.11. The van der Waals surface area contributed by atoms with Gasteiger partial charge in [0.2, 0.25) is 0 Å². The third-order valence-corrected chi connectivity index (χ3v) is 2.02. The maximum absolute atomic E-state index is 11.8. The van der Waals surface area contributed by atoms with Gasteiger partial charge in [0.1, 0.15) is 6.10 Å². The molecule has 0 saturated heterocycles. The van der Waals surface area contributed by atoms with Gasteiger partial charge in [-0.25, -0.2) is 0 Å². The van der Waals surface area contributed by atoms with Crippen LogP contribution in [0.3, 0.4) is 0 Å². The lowest BCUT2D eigenvalue weighted by atomic mass is 10.0. The van der Waals surface area contributed by atoms with Gasteiger partial charge in [0.25, 0.3) is 0 Å². The van der Waals surface area contributed by atoms with Crippen LogP contribution in [0.15, 0.2) is 43.0 Å². The van der Waals surface area contributed by atoms with Crippen molar-refractivity contribution in [3.63, 3.8) is 0 Å². The second kappa shape index (κ2) is 5.35. The molecule has 0 aliphatic rings. The van der Waals surface area contributed by atoms with Crippen LogP contribution < -0.4 is 0 Å². The normalized spacial score (nSPS) is 12.1. The second-order valence-electron chi connectivity index (χ2n) is 2.98. The highest BCUT2D eigenvalue weighted by Gasteiger charge is 2.17. The Balaban J connectivity index is 2.78. The monoisotopic (exact) mass is 190 g/mol. The molecule has 14 heavy (non-hydrogen) atoms. The van der Waals surface area contributed by atoms with Crippen LogP contribution in [0.1, 0.15) is 16.8 Å². The lowest BCUT2D eigenvalue weighted by molar-refractivity contribution is 0.0614. The molecular weight excluding hydrogens is 176 g/mol. The molecule has 1 atom stereocenters. The van der Waals surface area contributed by atoms with E-state index in [9.17, 15) is 4.79 Å². The average Bonchev–Trinajstić information content (AvgIpc) is 2.26. The van der Waals surface area contributed by atoms with Crippen molar-refractivity contribution >= 4 is 5.78 Å². The fraction of sp³-hybridized carbons (Fsp3) is 0.250. The third kappa shape index (κ3) is 2.54. The molecule has 1 rings (SSSR count). The molecule has 0 bridgehead atoms. The van der Waals surface area contributed by atoms with Crippen molar-refractivity contribution in [1.82, 2.24) is 0 Å². The molecule has 74 valence electrons. The Morgan fingerprint density at radius 3 is 2.64 bits per heavy atom. The minimum Gasteiger partial charge on any atom is -0.373 e. The van der Waals surface area contributed by atoms with Gasteiger partial charge in [0.05, 0.1) is 0 Å². The van der Waals surface area contributed by atoms with E-state index < -0.39 is 6.10 Å². The molecule has 0 aliphatic carbocycles. The van der Waals surface area contributed by atoms with E-state index in [1.54, 1.807) is 18.2 Å². The van der Waals surface area contributed by atoms with E-state index in [4.69, 9.17) is 4.74 Å². The van der Waals surface area contributed by atoms with Crippen molar-refractivity contribution in [2.75, 3.05) is 7.11 Å². The Labute approximate surface area is 84.2 Å². The molecule has 0 amide bonds. The van der Waals surface area contributed by atoms with Crippen molar-refractivity contribution in [1.29, 1.82) is 0 Å². The molecule has 2 nitrogen and oxygen atoms in total. The molecule has 1 aromatic rings. The number of rotatable bonds is 5. The van der Waals surface area contributed by atoms with Gasteiger partial charge in [0, 0.05) is 12.7 Å². The first-order valence-electron chi connectivity index (χ1n) is 4.52. The first-order chi connectivity index (χ1) is 6.79. The fourth-order valence-corrected chi connectivity index (χ4v) is 1.25. The third-order valence-electron chi connectivity index (χ3n) is 2.02. The maximum atomic E-state index is 11.8. The van der Waals surface area contributed by atoms with E-state index in [0.29, 0.717) is 12.0 Å². The Bertz CT molecular complexity index is 303. The molecule has 0 spiro atoms. The summed E-state index contributed by atoms with van der Waals surface area (Å²) in [6.45, 7) is 3.59. The summed E-state index contributed by atoms with van der Waals surface area (Å²) in [6, 6.07) is 9.14. The van der Waals surface area contributed by atoms with Gasteiger partial charge in [0.15, 0.2) is 5.78 Å². The first kappa shape index (κ1) is 10.7. The minimum atomic E-state index is -0.408. The molecule has 0 N–H and O–H groups in total. The van der Waals surface area contributed by atoms with Crippen LogP contribution in [-0.4, -0.2) is 19.0 Å². The summed E-state index contributed by atoms with van der Waals surface area (Å²) in [4.78, 5) is 11.8. The van der Waals surface area contributed by atoms with Gasteiger partial charge in [-0.15, -0.1) is 6.58 Å². The fourth-order valence-electron chi connectivity index (χ4n) is 1.25. The predicted octanol–water partition coefficient (Wildman–Crippen LogP) is 2.46. The number of ketones is 1. The van der Waals surface area contributed by atoms with Crippen molar-refractivity contribution in [3.05, 3.63) is 48.6 Å². The molecule has 0 heterocycles. The van der Waals surface area contributed by atoms with Crippen LogP contribution in [-0.2, 0) is 4.74 Å². The Hall–Kier alpha value is -1.41. The Morgan fingerprint density at radius 2 is 2.14 bits per heavy atom. The maximum Gasteiger partial charge on any atom is 0.191 e. The molecule has 1 aromatic carbocycles. The summed E-state index contributed by atoms with van der Waals surface area (Å²) in [5.74, 6) is 0.00741. The van der Waals surface area contributed by atoms with Gasteiger partial charge in [-0.1, -0.05) is 36.4 Å². The summed E-state index contributed by atoms with van der Waals surface area (Å²) in [7, 11) is 1.54. The van der Waals surface area contributed by atoms with Gasteiger partial charge >= 0.3 is 0 Å². The van der Waals surface area contributed by atoms with E-state index in [1.807, 2.05) is 18.2 Å². The van der Waals surface area contributed by atoms with Crippen LogP contribution in [0.25, 0.3) is 0 Å². The molecule has 0 saturated carbocycles. The molecule has 2 heteroatoms. The zero-order chi connectivity index (χ0) is 10.4. The number of hydrogen-bond donors (Lipinski definition) is 0. The SMILES string of the molecule is C=CCC(OC)C(=O)c1ccccc1. The highest BCUT2D eigenvalue weighted by Crippen LogP contribution is 2.08. The van der Waals surface area contributed by atoms with Crippen LogP contribution >= 0.6 is 0 Å². The largest absolute Gasteiger partial charge is 0.373 e. The van der Waals surface area contributed by atoms with Gasteiger partial charge < -0.3 is 4.74 Å². The zero-order valence-electron chi connectivity index (χ0n) is 8.27. The molecule has 0 aromatic heterocycles. The predicted molar refractivity (Wildman–Crippen MR) is 56.4 cm³/mol. The van der Waals surface area contributed by atoms with Crippen LogP contribution in [0.5, 0.6) is 0 Å². The van der Waals surface area contributed by atoms with E-state index in [2.05, 4.69) is 6.58 Å². The smallest absolute Gasteiger partial charge is 0.191 e. The van der Waals surface area contributed by atoms with E-state index in [-0.39, 0.29) is 5.78 Å². The number of carbonyl (C=O) groups excluding carboxylic acids is 1. The summed E-state index contributed by atoms with van der Waals surface area (Å²) < 4.78 is 5.09. The number of hydrogen-bond acceptors (Lipinski definition) is 2. The number of ether oxygens (including phenoxy) is 1. The van der Waals surface area contributed by atoms with Crippen LogP contribution in [0.4, 0.5) is 0 Å². The topological polar surface area (TPSA) is 26.3 Å². The van der Waals surface area contributed by atoms with Gasteiger partial charge in [-0.3, -0.25) is 4.79 Å². The standard InChI is InChI=1S/C12H14O2/c1-3-7-11(14-2)12(13)10-8-5-4-6-9-10/h3-6,8-9,11H,1,7H2,2H3. The lowest BCUT2D eigenvalue weighted by Crippen LogP contribution is -2.22. The number of benzene rings is 1. The summed E-state index contributed by atoms with van der Waals surface area (Å²) >= 11 is 0. The van der Waals surface area contributed by atoms with Crippen molar-refractivity contribution in [2.24, 2.45) is 0 Å². The zero-order valence-corrected chi connectivity index (χ0v) is 8.27. The number of methoxy groups -OCH3 is 1. The molecule has 0 fully saturated rings. The Kier molecular flexibility index (Phi) is 4.08. The summed E-state index contributed by atoms with van der Waals surface area (Å²) in [5.41, 5.74) is 0.682. The average molecular weight is 190 g/mol. The minimum absolute atomic E-state index is 0.00741. The highest BCUT2D eigenvalue weighted by atomic mass is 16.5. The van der Waals surface area contributed by atoms with Crippen molar-refractivity contribution in [2.45, 2.75) is 12.5 Å². The molecule has 0 aliphatic heterocycles. The second-order valence-corrected chi connectivity index (χ2v) is 2.98. The van der Waals surface area contributed by atoms with Crippen LogP contribution in [0, 0.1) is 0 Å². The van der Waals surface area contributed by atoms with Gasteiger partial charge in [-0.2, -0.15) is 0 Å².